The average Bonchev–Trinajstić information content (AvgIpc) is 3.05. The average molecular weight is 323 g/mol. The van der Waals surface area contributed by atoms with E-state index in [0.29, 0.717) is 11.2 Å². The van der Waals surface area contributed by atoms with Crippen LogP contribution in [0, 0.1) is 0 Å². The molecule has 0 radical (unpaired) electrons. The number of thiophene rings is 1. The van der Waals surface area contributed by atoms with Gasteiger partial charge in [-0.2, -0.15) is 0 Å². The highest BCUT2D eigenvalue weighted by Gasteiger charge is 2.14. The Hall–Kier alpha value is -2.24. The van der Waals surface area contributed by atoms with E-state index < -0.39 is 0 Å². The molecule has 0 bridgehead atoms. The molecule has 2 aromatic heterocycles. The first-order valence-electron chi connectivity index (χ1n) is 7.73. The van der Waals surface area contributed by atoms with E-state index in [1.165, 1.54) is 22.5 Å². The van der Waals surface area contributed by atoms with Gasteiger partial charge < -0.3 is 4.98 Å². The molecule has 5 heteroatoms. The van der Waals surface area contributed by atoms with Crippen molar-refractivity contribution < 1.29 is 0 Å². The lowest BCUT2D eigenvalue weighted by Gasteiger charge is -2.25. The lowest BCUT2D eigenvalue weighted by atomic mass is 10.00. The summed E-state index contributed by atoms with van der Waals surface area (Å²) in [6.45, 7) is 2.54. The Kier molecular flexibility index (Phi) is 3.81. The smallest absolute Gasteiger partial charge is 0.268 e. The highest BCUT2D eigenvalue weighted by Crippen LogP contribution is 2.22. The van der Waals surface area contributed by atoms with Crippen molar-refractivity contribution in [3.8, 4) is 0 Å². The van der Waals surface area contributed by atoms with Crippen LogP contribution in [0.4, 0.5) is 0 Å². The number of hydrogen-bond acceptors (Lipinski definition) is 4. The van der Waals surface area contributed by atoms with E-state index >= 15 is 0 Å². The summed E-state index contributed by atoms with van der Waals surface area (Å²) in [7, 11) is 0. The second-order valence-corrected chi connectivity index (χ2v) is 6.64. The van der Waals surface area contributed by atoms with Gasteiger partial charge in [0.1, 0.15) is 10.5 Å². The zero-order chi connectivity index (χ0) is 15.6. The third-order valence-electron chi connectivity index (χ3n) is 4.18. The number of benzene rings is 1. The van der Waals surface area contributed by atoms with Crippen LogP contribution in [0.3, 0.4) is 0 Å². The maximum absolute atomic E-state index is 12.0. The standard InChI is InChI=1S/C18H17N3OS/c22-18-17-15(8-11-23-17)19-16(20-18)12-21-9-6-14(7-10-21)13-4-2-1-3-5-13/h1-6,8,11H,7,9-10,12H2,(H,19,20,22). The molecular formula is C18H17N3OS. The predicted molar refractivity (Wildman–Crippen MR) is 94.6 cm³/mol. The number of aromatic amines is 1. The molecule has 0 amide bonds. The highest BCUT2D eigenvalue weighted by atomic mass is 32.1. The number of fused-ring (bicyclic) bond motifs is 1. The fourth-order valence-electron chi connectivity index (χ4n) is 2.98. The van der Waals surface area contributed by atoms with E-state index in [9.17, 15) is 4.79 Å². The summed E-state index contributed by atoms with van der Waals surface area (Å²) in [5.74, 6) is 0.748. The van der Waals surface area contributed by atoms with Crippen LogP contribution in [0.15, 0.2) is 52.6 Å². The van der Waals surface area contributed by atoms with Gasteiger partial charge in [0, 0.05) is 13.1 Å². The van der Waals surface area contributed by atoms with Crippen molar-refractivity contribution >= 4 is 27.1 Å². The van der Waals surface area contributed by atoms with Gasteiger partial charge in [-0.15, -0.1) is 11.3 Å². The van der Waals surface area contributed by atoms with Crippen molar-refractivity contribution in [3.05, 3.63) is 69.6 Å². The van der Waals surface area contributed by atoms with Gasteiger partial charge in [-0.25, -0.2) is 4.98 Å². The van der Waals surface area contributed by atoms with Crippen molar-refractivity contribution in [2.45, 2.75) is 13.0 Å². The predicted octanol–water partition coefficient (Wildman–Crippen LogP) is 3.27. The van der Waals surface area contributed by atoms with Crippen molar-refractivity contribution in [2.24, 2.45) is 0 Å². The first kappa shape index (κ1) is 14.4. The second kappa shape index (κ2) is 6.10. The molecule has 4 rings (SSSR count). The number of H-pyrrole nitrogens is 1. The summed E-state index contributed by atoms with van der Waals surface area (Å²) >= 11 is 1.44. The van der Waals surface area contributed by atoms with E-state index in [4.69, 9.17) is 0 Å². The minimum atomic E-state index is -0.0301. The summed E-state index contributed by atoms with van der Waals surface area (Å²) in [6.07, 6.45) is 3.30. The molecule has 1 aromatic carbocycles. The van der Waals surface area contributed by atoms with Gasteiger partial charge in [-0.1, -0.05) is 36.4 Å². The summed E-state index contributed by atoms with van der Waals surface area (Å²) in [5.41, 5.74) is 3.47. The van der Waals surface area contributed by atoms with Gasteiger partial charge in [0.15, 0.2) is 0 Å². The maximum Gasteiger partial charge on any atom is 0.268 e. The number of rotatable bonds is 3. The molecule has 1 N–H and O–H groups in total. The Bertz CT molecular complexity index is 911. The molecule has 0 saturated heterocycles. The van der Waals surface area contributed by atoms with Crippen molar-refractivity contribution in [1.82, 2.24) is 14.9 Å². The van der Waals surface area contributed by atoms with E-state index in [-0.39, 0.29) is 5.56 Å². The number of nitrogens with zero attached hydrogens (tertiary/aromatic N) is 2. The Labute approximate surface area is 138 Å². The molecule has 0 aliphatic carbocycles. The van der Waals surface area contributed by atoms with Crippen LogP contribution in [-0.2, 0) is 6.54 Å². The molecule has 4 nitrogen and oxygen atoms in total. The number of aromatic nitrogens is 2. The van der Waals surface area contributed by atoms with E-state index in [1.807, 2.05) is 17.5 Å². The Balaban J connectivity index is 1.50. The topological polar surface area (TPSA) is 49.0 Å². The van der Waals surface area contributed by atoms with Crippen LogP contribution >= 0.6 is 11.3 Å². The van der Waals surface area contributed by atoms with Crippen LogP contribution in [0.2, 0.25) is 0 Å². The highest BCUT2D eigenvalue weighted by molar-refractivity contribution is 7.17. The Morgan fingerprint density at radius 1 is 1.22 bits per heavy atom. The Morgan fingerprint density at radius 2 is 2.09 bits per heavy atom. The van der Waals surface area contributed by atoms with Crippen molar-refractivity contribution in [3.63, 3.8) is 0 Å². The van der Waals surface area contributed by atoms with Crippen LogP contribution in [-0.4, -0.2) is 28.0 Å². The van der Waals surface area contributed by atoms with E-state index in [0.717, 1.165) is 30.9 Å². The van der Waals surface area contributed by atoms with Crippen LogP contribution in [0.25, 0.3) is 15.8 Å². The molecular weight excluding hydrogens is 306 g/mol. The molecule has 0 unspecified atom stereocenters. The first-order chi connectivity index (χ1) is 11.3. The molecule has 3 aromatic rings. The summed E-state index contributed by atoms with van der Waals surface area (Å²) in [6, 6.07) is 12.4. The molecule has 1 aliphatic heterocycles. The third-order valence-corrected chi connectivity index (χ3v) is 5.08. The van der Waals surface area contributed by atoms with Gasteiger partial charge in [0.05, 0.1) is 12.1 Å². The molecule has 0 spiro atoms. The summed E-state index contributed by atoms with van der Waals surface area (Å²) in [4.78, 5) is 21.8. The van der Waals surface area contributed by atoms with Gasteiger partial charge >= 0.3 is 0 Å². The van der Waals surface area contributed by atoms with Crippen LogP contribution in [0.5, 0.6) is 0 Å². The quantitative estimate of drug-likeness (QED) is 0.805. The fourth-order valence-corrected chi connectivity index (χ4v) is 3.70. The normalized spacial score (nSPS) is 15.7. The van der Waals surface area contributed by atoms with E-state index in [1.54, 1.807) is 0 Å². The van der Waals surface area contributed by atoms with Gasteiger partial charge in [-0.3, -0.25) is 9.69 Å². The number of hydrogen-bond donors (Lipinski definition) is 1. The lowest BCUT2D eigenvalue weighted by molar-refractivity contribution is 0.286. The molecule has 23 heavy (non-hydrogen) atoms. The molecule has 1 aliphatic rings. The lowest BCUT2D eigenvalue weighted by Crippen LogP contribution is -2.29. The van der Waals surface area contributed by atoms with Crippen molar-refractivity contribution in [2.75, 3.05) is 13.1 Å². The summed E-state index contributed by atoms with van der Waals surface area (Å²) < 4.78 is 0.707. The SMILES string of the molecule is O=c1[nH]c(CN2CC=C(c3ccccc3)CC2)nc2ccsc12. The van der Waals surface area contributed by atoms with Gasteiger partial charge in [0.2, 0.25) is 0 Å². The minimum Gasteiger partial charge on any atom is -0.308 e. The minimum absolute atomic E-state index is 0.0301. The number of nitrogens with one attached hydrogen (secondary N) is 1. The third kappa shape index (κ3) is 2.98. The van der Waals surface area contributed by atoms with Gasteiger partial charge in [-0.05, 0) is 29.0 Å². The fraction of sp³-hybridized carbons (Fsp3) is 0.222. The van der Waals surface area contributed by atoms with Gasteiger partial charge in [0.25, 0.3) is 5.56 Å². The van der Waals surface area contributed by atoms with Crippen molar-refractivity contribution in [1.29, 1.82) is 0 Å². The molecule has 0 atom stereocenters. The first-order valence-corrected chi connectivity index (χ1v) is 8.61. The van der Waals surface area contributed by atoms with E-state index in [2.05, 4.69) is 45.2 Å². The summed E-state index contributed by atoms with van der Waals surface area (Å²) in [5, 5.41) is 1.91. The van der Waals surface area contributed by atoms with Crippen LogP contribution in [0.1, 0.15) is 17.8 Å². The zero-order valence-corrected chi connectivity index (χ0v) is 13.5. The monoisotopic (exact) mass is 323 g/mol. The molecule has 0 saturated carbocycles. The molecule has 116 valence electrons. The zero-order valence-electron chi connectivity index (χ0n) is 12.7. The second-order valence-electron chi connectivity index (χ2n) is 5.73. The largest absolute Gasteiger partial charge is 0.308 e. The van der Waals surface area contributed by atoms with Crippen LogP contribution < -0.4 is 5.56 Å². The maximum atomic E-state index is 12.0. The molecule has 3 heterocycles. The molecule has 0 fully saturated rings. The Morgan fingerprint density at radius 3 is 2.87 bits per heavy atom.